The Kier molecular flexibility index (Phi) is 43.2. The molecule has 4 aromatic rings. The molecule has 0 aliphatic carbocycles. The van der Waals surface area contributed by atoms with Crippen molar-refractivity contribution in [1.82, 2.24) is 89.4 Å². The number of nitrogens with one attached hydrogen (secondary N) is 16. The predicted octanol–water partition coefficient (Wildman–Crippen LogP) is -3.74. The molecule has 40 nitrogen and oxygen atoms in total. The predicted molar refractivity (Wildman–Crippen MR) is 448 cm³/mol. The maximum Gasteiger partial charge on any atom is 0.243 e. The third kappa shape index (κ3) is 35.5. The summed E-state index contributed by atoms with van der Waals surface area (Å²) >= 11 is 0. The molecule has 0 fully saturated rings. The molecule has 0 spiro atoms. The number of aromatic nitrogens is 3. The highest BCUT2D eigenvalue weighted by Crippen LogP contribution is 2.21. The number of nitrogens with zero attached hydrogens (tertiary/aromatic N) is 1. The van der Waals surface area contributed by atoms with Crippen LogP contribution in [0.5, 0.6) is 0 Å². The molecule has 2 aromatic carbocycles. The lowest BCUT2D eigenvalue weighted by Crippen LogP contribution is -2.61. The van der Waals surface area contributed by atoms with Gasteiger partial charge in [0.2, 0.25) is 100 Å². The largest absolute Gasteiger partial charge is 0.370 e. The standard InChI is InChI=1S/C81H127N23O17/c1-12-46(10)68(79(119)91-39-64(107)93-47(11)70(110)102-66(44(6)7)81(121)101-57(31-43(4)5)75(115)99-60(34-50-38-88-41-92-50)77(117)103-67(45(8)9)80(120)96-55(69(87)109)35-62(85)105)104-78(118)61(36-63(86)106)100-73(113)54(27-19-21-29-83)95-76(116)58(32-48-22-14-13-15-23-48)98-74(114)56(30-42(2)3)94-65(108)40-90-72(112)59(97-71(111)52(84)25-18-20-28-82)33-49-37-89-53-26-17-16-24-51(49)53/h13-17,22-24,26,37-38,41-47,52,54-61,66-68,89H,12,18-21,25,27-36,39-40,82-84H2,1-11H3,(H2,85,105)(H2,86,106)(H2,87,109)(H,88,92)(H,90,112)(H,91,119)(H,93,107)(H,94,108)(H,95,116)(H,96,120)(H,97,111)(H,98,114)(H,99,115)(H,100,113)(H,101,121)(H,102,110)(H,103,117)(H,104,118)/t46-,47-,52-,54-,55-,56-,57-,58-,59-,60-,61-,66-,67-,68-/m0/s1. The Hall–Kier alpha value is -11.9. The number of hydrogen-bond acceptors (Lipinski definition) is 21. The fourth-order valence-corrected chi connectivity index (χ4v) is 12.9. The molecule has 0 aliphatic heterocycles. The van der Waals surface area contributed by atoms with Crippen LogP contribution in [0.4, 0.5) is 0 Å². The van der Waals surface area contributed by atoms with Crippen LogP contribution in [0.2, 0.25) is 0 Å². The van der Waals surface area contributed by atoms with Crippen molar-refractivity contribution in [3.63, 3.8) is 0 Å². The molecule has 0 radical (unpaired) electrons. The quantitative estimate of drug-likeness (QED) is 0.0189. The highest BCUT2D eigenvalue weighted by Gasteiger charge is 2.39. The average molecular weight is 1700 g/mol. The zero-order chi connectivity index (χ0) is 90.3. The first-order valence-electron chi connectivity index (χ1n) is 40.9. The highest BCUT2D eigenvalue weighted by atomic mass is 16.2. The third-order valence-corrected chi connectivity index (χ3v) is 19.8. The Labute approximate surface area is 704 Å². The molecule has 14 atom stereocenters. The number of amides is 17. The zero-order valence-corrected chi connectivity index (χ0v) is 70.9. The van der Waals surface area contributed by atoms with Crippen molar-refractivity contribution >= 4 is 111 Å². The number of unbranched alkanes of at least 4 members (excludes halogenated alkanes) is 2. The van der Waals surface area contributed by atoms with Gasteiger partial charge in [0.25, 0.3) is 0 Å². The minimum Gasteiger partial charge on any atom is -0.370 e. The minimum absolute atomic E-state index is 0.0147. The number of benzene rings is 2. The molecule has 0 saturated carbocycles. The average Bonchev–Trinajstić information content (AvgIpc) is 1.71. The summed E-state index contributed by atoms with van der Waals surface area (Å²) in [6.07, 6.45) is 5.05. The van der Waals surface area contributed by atoms with Crippen molar-refractivity contribution < 1.29 is 81.5 Å². The number of carbonyl (C=O) groups is 17. The summed E-state index contributed by atoms with van der Waals surface area (Å²) in [5, 5.41) is 37.0. The van der Waals surface area contributed by atoms with Crippen molar-refractivity contribution in [1.29, 1.82) is 0 Å². The van der Waals surface area contributed by atoms with Crippen LogP contribution < -0.4 is 109 Å². The van der Waals surface area contributed by atoms with Crippen molar-refractivity contribution in [2.75, 3.05) is 26.2 Å². The van der Waals surface area contributed by atoms with Gasteiger partial charge in [0, 0.05) is 42.6 Å². The van der Waals surface area contributed by atoms with Crippen LogP contribution >= 0.6 is 0 Å². The van der Waals surface area contributed by atoms with Crippen molar-refractivity contribution in [3.05, 3.63) is 90.1 Å². The van der Waals surface area contributed by atoms with Gasteiger partial charge >= 0.3 is 0 Å². The molecular weight excluding hydrogens is 1570 g/mol. The molecule has 28 N–H and O–H groups in total. The summed E-state index contributed by atoms with van der Waals surface area (Å²) in [5.41, 5.74) is 36.4. The number of primary amides is 3. The van der Waals surface area contributed by atoms with E-state index in [1.54, 1.807) is 106 Å². The first-order valence-corrected chi connectivity index (χ1v) is 40.9. The highest BCUT2D eigenvalue weighted by molar-refractivity contribution is 6.01. The topological polar surface area (TPSA) is 659 Å². The third-order valence-electron chi connectivity index (χ3n) is 19.8. The SMILES string of the molecule is CC[C@H](C)[C@H](NC(=O)[C@H](CC(N)=O)NC(=O)[C@H](CCCCN)NC(=O)[C@H](Cc1ccccc1)NC(=O)[C@H](CC(C)C)NC(=O)CNC(=O)[C@H](Cc1c[nH]c2ccccc12)NC(=O)[C@@H](N)CCCCN)C(=O)NCC(=O)N[C@@H](C)C(=O)N[C@H](C(=O)N[C@@H](CC(C)C)C(=O)N[C@@H](Cc1c[nH]cn1)C(=O)N[C@H](C(=O)N[C@@H](CC(N)=O)C(N)=O)C(C)C)C(C)C. The Balaban J connectivity index is 1.47. The molecule has 0 aliphatic rings. The lowest BCUT2D eigenvalue weighted by atomic mass is 9.97. The number of fused-ring (bicyclic) bond motifs is 1. The number of rotatable bonds is 55. The molecule has 0 bridgehead atoms. The number of nitrogens with two attached hydrogens (primary N) is 6. The first kappa shape index (κ1) is 101. The molecule has 2 aromatic heterocycles. The molecule has 0 saturated heterocycles. The van der Waals surface area contributed by atoms with E-state index in [4.69, 9.17) is 34.4 Å². The van der Waals surface area contributed by atoms with E-state index in [-0.39, 0.29) is 69.7 Å². The van der Waals surface area contributed by atoms with Gasteiger partial charge in [-0.2, -0.15) is 0 Å². The Bertz CT molecular complexity index is 4140. The van der Waals surface area contributed by atoms with Crippen LogP contribution in [0.25, 0.3) is 10.9 Å². The number of para-hydroxylation sites is 1. The van der Waals surface area contributed by atoms with Crippen LogP contribution in [-0.2, 0) is 101 Å². The van der Waals surface area contributed by atoms with E-state index in [0.717, 1.165) is 10.9 Å². The molecule has 0 unspecified atom stereocenters. The molecule has 4 rings (SSSR count). The van der Waals surface area contributed by atoms with E-state index in [1.807, 2.05) is 24.3 Å². The van der Waals surface area contributed by atoms with Crippen LogP contribution in [0.3, 0.4) is 0 Å². The van der Waals surface area contributed by atoms with E-state index in [2.05, 4.69) is 89.4 Å². The van der Waals surface area contributed by atoms with E-state index < -0.39 is 223 Å². The molecule has 121 heavy (non-hydrogen) atoms. The van der Waals surface area contributed by atoms with Crippen LogP contribution in [0, 0.1) is 29.6 Å². The summed E-state index contributed by atoms with van der Waals surface area (Å²) in [7, 11) is 0. The van der Waals surface area contributed by atoms with Gasteiger partial charge in [-0.25, -0.2) is 4.98 Å². The second kappa shape index (κ2) is 51.5. The number of aromatic amines is 2. The van der Waals surface area contributed by atoms with Gasteiger partial charge in [-0.15, -0.1) is 0 Å². The normalized spacial score (nSPS) is 14.8. The van der Waals surface area contributed by atoms with Gasteiger partial charge in [-0.3, -0.25) is 81.5 Å². The minimum atomic E-state index is -1.78. The Morgan fingerprint density at radius 3 is 1.40 bits per heavy atom. The van der Waals surface area contributed by atoms with Gasteiger partial charge in [0.05, 0.1) is 44.0 Å². The van der Waals surface area contributed by atoms with Gasteiger partial charge in [-0.05, 0) is 112 Å². The number of carbonyl (C=O) groups excluding carboxylic acids is 17. The van der Waals surface area contributed by atoms with Gasteiger partial charge in [0.1, 0.15) is 72.5 Å². The Morgan fingerprint density at radius 2 is 0.860 bits per heavy atom. The van der Waals surface area contributed by atoms with Crippen molar-refractivity contribution in [2.24, 2.45) is 64.0 Å². The van der Waals surface area contributed by atoms with Crippen LogP contribution in [-0.4, -0.2) is 220 Å². The van der Waals surface area contributed by atoms with E-state index in [9.17, 15) is 81.5 Å². The summed E-state index contributed by atoms with van der Waals surface area (Å²) in [5.74, 6) is -17.5. The second-order valence-electron chi connectivity index (χ2n) is 31.8. The summed E-state index contributed by atoms with van der Waals surface area (Å²) in [6.45, 7) is 17.2. The molecule has 668 valence electrons. The smallest absolute Gasteiger partial charge is 0.243 e. The number of hydrogen-bond donors (Lipinski definition) is 22. The lowest BCUT2D eigenvalue weighted by molar-refractivity contribution is -0.136. The maximum absolute atomic E-state index is 14.7. The molecule has 40 heteroatoms. The van der Waals surface area contributed by atoms with Crippen molar-refractivity contribution in [3.8, 4) is 0 Å². The van der Waals surface area contributed by atoms with Gasteiger partial charge < -0.3 is 119 Å². The monoisotopic (exact) mass is 1690 g/mol. The van der Waals surface area contributed by atoms with Gasteiger partial charge in [-0.1, -0.05) is 131 Å². The molecule has 17 amide bonds. The molecular formula is C81H127N23O17. The summed E-state index contributed by atoms with van der Waals surface area (Å²) in [6, 6.07) is -2.00. The van der Waals surface area contributed by atoms with E-state index >= 15 is 0 Å². The van der Waals surface area contributed by atoms with Gasteiger partial charge in [0.15, 0.2) is 0 Å². The summed E-state index contributed by atoms with van der Waals surface area (Å²) in [4.78, 5) is 243. The van der Waals surface area contributed by atoms with E-state index in [0.29, 0.717) is 49.0 Å². The Morgan fingerprint density at radius 1 is 0.413 bits per heavy atom. The van der Waals surface area contributed by atoms with E-state index in [1.165, 1.54) is 19.4 Å². The number of imidazole rings is 1. The van der Waals surface area contributed by atoms with Crippen molar-refractivity contribution in [2.45, 2.75) is 245 Å². The zero-order valence-electron chi connectivity index (χ0n) is 70.9. The first-order chi connectivity index (χ1) is 57.2. The summed E-state index contributed by atoms with van der Waals surface area (Å²) < 4.78 is 0. The molecule has 2 heterocycles. The fourth-order valence-electron chi connectivity index (χ4n) is 12.9. The fraction of sp³-hybridized carbons (Fsp3) is 0.580. The number of H-pyrrole nitrogens is 2. The second-order valence-corrected chi connectivity index (χ2v) is 31.8. The maximum atomic E-state index is 14.7. The lowest BCUT2D eigenvalue weighted by Gasteiger charge is -2.29. The van der Waals surface area contributed by atoms with Crippen LogP contribution in [0.1, 0.15) is 164 Å². The van der Waals surface area contributed by atoms with Crippen LogP contribution in [0.15, 0.2) is 73.3 Å².